The molecule has 0 fully saturated rings. The molecule has 1 aromatic heterocycles. The standard InChI is InChI=1S/C19H22N2O7S/c1-2-11-3-5-12(6-4-11)8-21-14-10-29(27,28)9-13(14)17(24)16(19(21)26)18(25)20-7-15(22)23/h3,5,24H,2,4,6-10H2,1H3,(H,20,25)(H,22,23). The summed E-state index contributed by atoms with van der Waals surface area (Å²) in [5, 5.41) is 21.2. The van der Waals surface area contributed by atoms with E-state index in [1.807, 2.05) is 12.2 Å². The lowest BCUT2D eigenvalue weighted by Gasteiger charge is -2.19. The van der Waals surface area contributed by atoms with Gasteiger partial charge < -0.3 is 20.1 Å². The molecule has 9 nitrogen and oxygen atoms in total. The average Bonchev–Trinajstić information content (AvgIpc) is 2.99. The average molecular weight is 422 g/mol. The number of rotatable bonds is 6. The topological polar surface area (TPSA) is 143 Å². The molecule has 0 aromatic carbocycles. The number of hydrogen-bond donors (Lipinski definition) is 3. The Morgan fingerprint density at radius 1 is 1.17 bits per heavy atom. The number of fused-ring (bicyclic) bond motifs is 1. The van der Waals surface area contributed by atoms with Crippen LogP contribution in [0.3, 0.4) is 0 Å². The highest BCUT2D eigenvalue weighted by Gasteiger charge is 2.35. The van der Waals surface area contributed by atoms with E-state index in [2.05, 4.69) is 12.2 Å². The predicted octanol–water partition coefficient (Wildman–Crippen LogP) is 0.853. The summed E-state index contributed by atoms with van der Waals surface area (Å²) >= 11 is 0. The van der Waals surface area contributed by atoms with E-state index in [0.717, 1.165) is 18.4 Å². The molecule has 0 saturated heterocycles. The summed E-state index contributed by atoms with van der Waals surface area (Å²) in [7, 11) is -3.57. The number of carbonyl (C=O) groups is 2. The van der Waals surface area contributed by atoms with Crippen LogP contribution in [0.1, 0.15) is 47.8 Å². The highest BCUT2D eigenvalue weighted by Crippen LogP contribution is 2.34. The molecule has 1 aromatic rings. The third-order valence-electron chi connectivity index (χ3n) is 5.14. The smallest absolute Gasteiger partial charge is 0.322 e. The molecular weight excluding hydrogens is 400 g/mol. The number of nitrogens with zero attached hydrogens (tertiary/aromatic N) is 1. The minimum absolute atomic E-state index is 0.0197. The Bertz CT molecular complexity index is 1110. The van der Waals surface area contributed by atoms with E-state index in [9.17, 15) is 27.9 Å². The van der Waals surface area contributed by atoms with E-state index in [0.29, 0.717) is 6.42 Å². The van der Waals surface area contributed by atoms with Gasteiger partial charge in [-0.2, -0.15) is 0 Å². The molecule has 3 rings (SSSR count). The zero-order valence-corrected chi connectivity index (χ0v) is 16.7. The van der Waals surface area contributed by atoms with Gasteiger partial charge >= 0.3 is 5.97 Å². The van der Waals surface area contributed by atoms with Crippen molar-refractivity contribution in [3.63, 3.8) is 0 Å². The van der Waals surface area contributed by atoms with Crippen molar-refractivity contribution in [1.82, 2.24) is 9.88 Å². The normalized spacial score (nSPS) is 17.3. The summed E-state index contributed by atoms with van der Waals surface area (Å²) in [6.07, 6.45) is 6.32. The van der Waals surface area contributed by atoms with Crippen LogP contribution in [0.2, 0.25) is 0 Å². The van der Waals surface area contributed by atoms with E-state index in [1.165, 1.54) is 10.1 Å². The molecule has 0 radical (unpaired) electrons. The Labute approximate surface area is 167 Å². The Morgan fingerprint density at radius 2 is 1.83 bits per heavy atom. The molecular formula is C19H22N2O7S. The van der Waals surface area contributed by atoms with Gasteiger partial charge in [-0.15, -0.1) is 0 Å². The molecule has 1 aliphatic carbocycles. The first kappa shape index (κ1) is 20.8. The molecule has 0 unspecified atom stereocenters. The lowest BCUT2D eigenvalue weighted by atomic mass is 9.96. The first-order valence-corrected chi connectivity index (χ1v) is 11.0. The fourth-order valence-corrected chi connectivity index (χ4v) is 5.17. The number of aliphatic carboxylic acids is 1. The second-order valence-corrected chi connectivity index (χ2v) is 9.22. The molecule has 3 N–H and O–H groups in total. The van der Waals surface area contributed by atoms with Crippen LogP contribution in [0.4, 0.5) is 0 Å². The van der Waals surface area contributed by atoms with Gasteiger partial charge in [0.15, 0.2) is 9.84 Å². The third kappa shape index (κ3) is 4.26. The third-order valence-corrected chi connectivity index (χ3v) is 6.58. The Kier molecular flexibility index (Phi) is 5.65. The molecule has 1 amide bonds. The Balaban J connectivity index is 2.09. The minimum Gasteiger partial charge on any atom is -0.507 e. The van der Waals surface area contributed by atoms with Gasteiger partial charge in [-0.05, 0) is 19.3 Å². The number of nitrogens with one attached hydrogen (secondary N) is 1. The lowest BCUT2D eigenvalue weighted by molar-refractivity contribution is -0.135. The molecule has 156 valence electrons. The number of amides is 1. The number of pyridine rings is 1. The maximum absolute atomic E-state index is 13.0. The summed E-state index contributed by atoms with van der Waals surface area (Å²) in [6, 6.07) is 0. The zero-order valence-electron chi connectivity index (χ0n) is 15.9. The fraction of sp³-hybridized carbons (Fsp3) is 0.421. The van der Waals surface area contributed by atoms with Gasteiger partial charge in [-0.25, -0.2) is 8.42 Å². The minimum atomic E-state index is -3.57. The predicted molar refractivity (Wildman–Crippen MR) is 104 cm³/mol. The van der Waals surface area contributed by atoms with E-state index >= 15 is 0 Å². The number of aromatic nitrogens is 1. The molecule has 0 atom stereocenters. The zero-order chi connectivity index (χ0) is 21.3. The Morgan fingerprint density at radius 3 is 2.41 bits per heavy atom. The quantitative estimate of drug-likeness (QED) is 0.617. The van der Waals surface area contributed by atoms with Gasteiger partial charge in [-0.3, -0.25) is 14.4 Å². The summed E-state index contributed by atoms with van der Waals surface area (Å²) in [5.41, 5.74) is 0.891. The van der Waals surface area contributed by atoms with Crippen molar-refractivity contribution in [3.8, 4) is 5.75 Å². The van der Waals surface area contributed by atoms with Gasteiger partial charge in [0.05, 0.1) is 11.5 Å². The van der Waals surface area contributed by atoms with Crippen LogP contribution in [-0.4, -0.2) is 41.6 Å². The van der Waals surface area contributed by atoms with Crippen molar-refractivity contribution in [1.29, 1.82) is 0 Å². The van der Waals surface area contributed by atoms with Gasteiger partial charge in [0.25, 0.3) is 11.5 Å². The van der Waals surface area contributed by atoms with E-state index in [-0.39, 0.29) is 17.8 Å². The summed E-state index contributed by atoms with van der Waals surface area (Å²) in [5.74, 6) is -3.94. The Hall–Kier alpha value is -2.88. The van der Waals surface area contributed by atoms with Crippen LogP contribution in [0.5, 0.6) is 5.75 Å². The van der Waals surface area contributed by atoms with E-state index < -0.39 is 56.6 Å². The maximum atomic E-state index is 13.0. The monoisotopic (exact) mass is 422 g/mol. The molecule has 0 saturated carbocycles. The molecule has 29 heavy (non-hydrogen) atoms. The van der Waals surface area contributed by atoms with Crippen molar-refractivity contribution >= 4 is 21.7 Å². The van der Waals surface area contributed by atoms with Crippen LogP contribution < -0.4 is 10.9 Å². The van der Waals surface area contributed by atoms with Crippen molar-refractivity contribution in [2.24, 2.45) is 0 Å². The van der Waals surface area contributed by atoms with Crippen molar-refractivity contribution in [2.45, 2.75) is 44.2 Å². The highest BCUT2D eigenvalue weighted by molar-refractivity contribution is 7.90. The second-order valence-electron chi connectivity index (χ2n) is 7.15. The summed E-state index contributed by atoms with van der Waals surface area (Å²) in [6.45, 7) is 1.42. The number of aromatic hydroxyl groups is 1. The lowest BCUT2D eigenvalue weighted by Crippen LogP contribution is -2.37. The number of sulfone groups is 1. The van der Waals surface area contributed by atoms with E-state index in [4.69, 9.17) is 5.11 Å². The van der Waals surface area contributed by atoms with Gasteiger partial charge in [-0.1, -0.05) is 30.2 Å². The van der Waals surface area contributed by atoms with Crippen molar-refractivity contribution < 1.29 is 28.2 Å². The maximum Gasteiger partial charge on any atom is 0.322 e. The second kappa shape index (κ2) is 7.86. The van der Waals surface area contributed by atoms with Crippen LogP contribution in [-0.2, 0) is 32.7 Å². The first-order valence-electron chi connectivity index (χ1n) is 9.18. The molecule has 2 heterocycles. The van der Waals surface area contributed by atoms with Crippen molar-refractivity contribution in [3.05, 3.63) is 50.5 Å². The molecule has 2 aliphatic rings. The molecule has 10 heteroatoms. The van der Waals surface area contributed by atoms with Crippen LogP contribution in [0, 0.1) is 0 Å². The number of carboxylic acid groups (broad SMARTS) is 1. The fourth-order valence-electron chi connectivity index (χ4n) is 3.57. The molecule has 0 spiro atoms. The van der Waals surface area contributed by atoms with Crippen molar-refractivity contribution in [2.75, 3.05) is 6.54 Å². The van der Waals surface area contributed by atoms with Crippen LogP contribution in [0.15, 0.2) is 28.1 Å². The highest BCUT2D eigenvalue weighted by atomic mass is 32.2. The summed E-state index contributed by atoms with van der Waals surface area (Å²) in [4.78, 5) is 36.1. The largest absolute Gasteiger partial charge is 0.507 e. The number of carboxylic acids is 1. The summed E-state index contributed by atoms with van der Waals surface area (Å²) < 4.78 is 25.5. The number of allylic oxidation sites excluding steroid dienone is 4. The van der Waals surface area contributed by atoms with Crippen LogP contribution in [0.25, 0.3) is 0 Å². The first-order chi connectivity index (χ1) is 13.6. The molecule has 1 aliphatic heterocycles. The van der Waals surface area contributed by atoms with Gasteiger partial charge in [0.1, 0.15) is 17.9 Å². The number of carbonyl (C=O) groups excluding carboxylic acids is 1. The number of hydrogen-bond acceptors (Lipinski definition) is 6. The van der Waals surface area contributed by atoms with E-state index in [1.54, 1.807) is 0 Å². The van der Waals surface area contributed by atoms with Gasteiger partial charge in [0, 0.05) is 17.8 Å². The van der Waals surface area contributed by atoms with Gasteiger partial charge in [0.2, 0.25) is 0 Å². The SMILES string of the molecule is CCC1=CC=C(Cn2c3c(c(O)c(C(=O)NCC(=O)O)c2=O)CS(=O)(=O)C3)CC1. The molecule has 0 bridgehead atoms. The van der Waals surface area contributed by atoms with Crippen LogP contribution >= 0.6 is 0 Å².